The van der Waals surface area contributed by atoms with E-state index in [1.54, 1.807) is 18.3 Å². The van der Waals surface area contributed by atoms with E-state index in [-0.39, 0.29) is 18.3 Å². The molecular formula is C14H9Br2N3O3. The Hall–Kier alpha value is -1.80. The smallest absolute Gasteiger partial charge is 0.337 e. The lowest BCUT2D eigenvalue weighted by atomic mass is 9.83. The Morgan fingerprint density at radius 2 is 2.14 bits per heavy atom. The van der Waals surface area contributed by atoms with Crippen molar-refractivity contribution < 1.29 is 14.6 Å². The molecule has 8 heteroatoms. The molecule has 0 aliphatic carbocycles. The molecule has 1 atom stereocenters. The van der Waals surface area contributed by atoms with Crippen molar-refractivity contribution in [1.82, 2.24) is 10.2 Å². The van der Waals surface area contributed by atoms with Gasteiger partial charge >= 0.3 is 5.97 Å². The lowest BCUT2D eigenvalue weighted by molar-refractivity contribution is -0.136. The lowest BCUT2D eigenvalue weighted by Crippen LogP contribution is -2.19. The van der Waals surface area contributed by atoms with Gasteiger partial charge in [0, 0.05) is 15.6 Å². The van der Waals surface area contributed by atoms with Gasteiger partial charge in [0.15, 0.2) is 0 Å². The fraction of sp³-hybridized carbons (Fsp3) is 0.143. The zero-order valence-corrected chi connectivity index (χ0v) is 14.2. The van der Waals surface area contributed by atoms with E-state index < -0.39 is 5.92 Å². The first-order chi connectivity index (χ1) is 10.6. The molecule has 0 saturated heterocycles. The van der Waals surface area contributed by atoms with E-state index in [2.05, 4.69) is 47.4 Å². The minimum atomic E-state index is -0.436. The number of hydrogen-bond donors (Lipinski definition) is 3. The van der Waals surface area contributed by atoms with Gasteiger partial charge in [-0.2, -0.15) is 5.10 Å². The molecule has 22 heavy (non-hydrogen) atoms. The molecular weight excluding hydrogens is 418 g/mol. The van der Waals surface area contributed by atoms with Gasteiger partial charge in [0.25, 0.3) is 0 Å². The van der Waals surface area contributed by atoms with Crippen LogP contribution in [-0.2, 0) is 9.53 Å². The molecule has 0 amide bonds. The number of anilines is 1. The predicted octanol–water partition coefficient (Wildman–Crippen LogP) is 3.01. The van der Waals surface area contributed by atoms with Crippen LogP contribution >= 0.6 is 31.9 Å². The van der Waals surface area contributed by atoms with Crippen LogP contribution in [0, 0.1) is 0 Å². The highest BCUT2D eigenvalue weighted by Crippen LogP contribution is 2.48. The van der Waals surface area contributed by atoms with Crippen molar-refractivity contribution >= 4 is 43.6 Å². The molecule has 3 heterocycles. The number of phenols is 1. The molecule has 0 saturated carbocycles. The summed E-state index contributed by atoms with van der Waals surface area (Å²) < 4.78 is 6.48. The average Bonchev–Trinajstić information content (AvgIpc) is 3.08. The van der Waals surface area contributed by atoms with Crippen LogP contribution in [0.4, 0.5) is 5.82 Å². The quantitative estimate of drug-likeness (QED) is 0.610. The highest BCUT2D eigenvalue weighted by atomic mass is 79.9. The van der Waals surface area contributed by atoms with Crippen molar-refractivity contribution in [3.8, 4) is 5.75 Å². The molecule has 1 aromatic heterocycles. The van der Waals surface area contributed by atoms with Gasteiger partial charge in [-0.3, -0.25) is 5.10 Å². The number of ether oxygens (including phenoxy) is 1. The van der Waals surface area contributed by atoms with Gasteiger partial charge in [-0.1, -0.05) is 15.9 Å². The third-order valence-electron chi connectivity index (χ3n) is 3.81. The number of hydrogen-bond acceptors (Lipinski definition) is 5. The second-order valence-electron chi connectivity index (χ2n) is 5.05. The van der Waals surface area contributed by atoms with Crippen molar-refractivity contribution in [2.75, 3.05) is 11.9 Å². The molecule has 1 aromatic carbocycles. The molecule has 0 spiro atoms. The number of aromatic nitrogens is 2. The van der Waals surface area contributed by atoms with Crippen molar-refractivity contribution in [2.45, 2.75) is 5.92 Å². The Bertz CT molecular complexity index is 844. The molecule has 2 aromatic rings. The van der Waals surface area contributed by atoms with E-state index in [1.807, 2.05) is 0 Å². The maximum absolute atomic E-state index is 12.1. The number of nitrogens with zero attached hydrogens (tertiary/aromatic N) is 1. The maximum Gasteiger partial charge on any atom is 0.337 e. The molecule has 0 radical (unpaired) electrons. The number of carbonyl (C=O) groups is 1. The third-order valence-corrected chi connectivity index (χ3v) is 4.87. The number of aromatic amines is 1. The van der Waals surface area contributed by atoms with Crippen molar-refractivity contribution in [3.05, 3.63) is 49.7 Å². The SMILES string of the molecule is O=C1OCC2=C1C(c1cc(Br)cc(Br)c1O)c1cn[nH]c1N2. The largest absolute Gasteiger partial charge is 0.506 e. The van der Waals surface area contributed by atoms with Gasteiger partial charge in [0.05, 0.1) is 27.9 Å². The Labute approximate surface area is 141 Å². The fourth-order valence-corrected chi connectivity index (χ4v) is 4.12. The van der Waals surface area contributed by atoms with Crippen LogP contribution in [-0.4, -0.2) is 27.9 Å². The standard InChI is InChI=1S/C14H9Br2N3O3/c15-5-1-6(12(20)8(16)2-5)10-7-3-17-19-13(7)18-9-4-22-14(21)11(9)10/h1-3,10,20H,4H2,(H2,17,18,19). The number of carbonyl (C=O) groups excluding carboxylic acids is 1. The Kier molecular flexibility index (Phi) is 3.05. The van der Waals surface area contributed by atoms with Crippen LogP contribution in [0.1, 0.15) is 17.0 Å². The summed E-state index contributed by atoms with van der Waals surface area (Å²) in [7, 11) is 0. The van der Waals surface area contributed by atoms with Crippen LogP contribution in [0.15, 0.2) is 38.5 Å². The first kappa shape index (κ1) is 13.8. The van der Waals surface area contributed by atoms with Gasteiger partial charge in [-0.05, 0) is 28.1 Å². The number of H-pyrrole nitrogens is 1. The normalized spacial score (nSPS) is 19.5. The Morgan fingerprint density at radius 3 is 2.95 bits per heavy atom. The van der Waals surface area contributed by atoms with Gasteiger partial charge < -0.3 is 15.2 Å². The summed E-state index contributed by atoms with van der Waals surface area (Å²) in [5.74, 6) is -0.0185. The molecule has 6 nitrogen and oxygen atoms in total. The van der Waals surface area contributed by atoms with E-state index >= 15 is 0 Å². The minimum Gasteiger partial charge on any atom is -0.506 e. The number of esters is 1. The van der Waals surface area contributed by atoms with Crippen LogP contribution in [0.2, 0.25) is 0 Å². The third kappa shape index (κ3) is 1.90. The Morgan fingerprint density at radius 1 is 1.32 bits per heavy atom. The molecule has 4 rings (SSSR count). The van der Waals surface area contributed by atoms with E-state index in [0.29, 0.717) is 27.1 Å². The molecule has 0 fully saturated rings. The summed E-state index contributed by atoms with van der Waals surface area (Å²) in [6.45, 7) is 0.194. The van der Waals surface area contributed by atoms with E-state index in [0.717, 1.165) is 10.0 Å². The molecule has 2 aliphatic rings. The number of nitrogens with one attached hydrogen (secondary N) is 2. The monoisotopic (exact) mass is 425 g/mol. The number of aromatic hydroxyl groups is 1. The first-order valence-electron chi connectivity index (χ1n) is 6.44. The summed E-state index contributed by atoms with van der Waals surface area (Å²) in [6, 6.07) is 3.54. The number of fused-ring (bicyclic) bond motifs is 1. The van der Waals surface area contributed by atoms with Crippen LogP contribution in [0.5, 0.6) is 5.75 Å². The summed E-state index contributed by atoms with van der Waals surface area (Å²) >= 11 is 6.75. The maximum atomic E-state index is 12.1. The van der Waals surface area contributed by atoms with Crippen LogP contribution < -0.4 is 5.32 Å². The zero-order valence-electron chi connectivity index (χ0n) is 11.0. The molecule has 1 unspecified atom stereocenters. The summed E-state index contributed by atoms with van der Waals surface area (Å²) in [4.78, 5) is 12.1. The van der Waals surface area contributed by atoms with E-state index in [9.17, 15) is 9.90 Å². The topological polar surface area (TPSA) is 87.2 Å². The van der Waals surface area contributed by atoms with Crippen LogP contribution in [0.3, 0.4) is 0 Å². The van der Waals surface area contributed by atoms with Gasteiger partial charge in [-0.15, -0.1) is 0 Å². The summed E-state index contributed by atoms with van der Waals surface area (Å²) in [6.07, 6.45) is 1.65. The minimum absolute atomic E-state index is 0.0915. The summed E-state index contributed by atoms with van der Waals surface area (Å²) in [5.41, 5.74) is 2.60. The highest BCUT2D eigenvalue weighted by Gasteiger charge is 2.40. The van der Waals surface area contributed by atoms with Crippen molar-refractivity contribution in [2.24, 2.45) is 0 Å². The number of cyclic esters (lactones) is 1. The second-order valence-corrected chi connectivity index (χ2v) is 6.82. The van der Waals surface area contributed by atoms with Gasteiger partial charge in [-0.25, -0.2) is 4.79 Å². The molecule has 3 N–H and O–H groups in total. The highest BCUT2D eigenvalue weighted by molar-refractivity contribution is 9.11. The number of halogens is 2. The second kappa shape index (κ2) is 4.85. The lowest BCUT2D eigenvalue weighted by Gasteiger charge is -2.24. The zero-order chi connectivity index (χ0) is 15.4. The Balaban J connectivity index is 1.99. The molecule has 112 valence electrons. The molecule has 0 bridgehead atoms. The van der Waals surface area contributed by atoms with Crippen LogP contribution in [0.25, 0.3) is 0 Å². The fourth-order valence-electron chi connectivity index (χ4n) is 2.86. The van der Waals surface area contributed by atoms with Crippen molar-refractivity contribution in [3.63, 3.8) is 0 Å². The predicted molar refractivity (Wildman–Crippen MR) is 85.5 cm³/mol. The van der Waals surface area contributed by atoms with Crippen molar-refractivity contribution in [1.29, 1.82) is 0 Å². The van der Waals surface area contributed by atoms with E-state index in [4.69, 9.17) is 4.74 Å². The summed E-state index contributed by atoms with van der Waals surface area (Å²) in [5, 5.41) is 20.5. The molecule has 2 aliphatic heterocycles. The number of benzene rings is 1. The average molecular weight is 427 g/mol. The number of phenolic OH excluding ortho intramolecular Hbond substituents is 1. The van der Waals surface area contributed by atoms with Gasteiger partial charge in [0.2, 0.25) is 0 Å². The first-order valence-corrected chi connectivity index (χ1v) is 8.03. The number of rotatable bonds is 1. The van der Waals surface area contributed by atoms with Gasteiger partial charge in [0.1, 0.15) is 18.2 Å². The van der Waals surface area contributed by atoms with E-state index in [1.165, 1.54) is 0 Å².